The van der Waals surface area contributed by atoms with Crippen molar-refractivity contribution in [2.75, 3.05) is 12.3 Å². The van der Waals surface area contributed by atoms with E-state index in [2.05, 4.69) is 11.7 Å². The Bertz CT molecular complexity index is 279. The molecule has 1 heterocycles. The number of thiol groups is 1. The summed E-state index contributed by atoms with van der Waals surface area (Å²) in [6.07, 6.45) is -0.563. The lowest BCUT2D eigenvalue weighted by molar-refractivity contribution is -0.129. The first-order valence-corrected chi connectivity index (χ1v) is 5.87. The van der Waals surface area contributed by atoms with Crippen LogP contribution in [0.3, 0.4) is 0 Å². The molecule has 0 aliphatic carbocycles. The first kappa shape index (κ1) is 11.6. The maximum absolute atomic E-state index is 12.9. The Balaban J connectivity index is 2.70. The van der Waals surface area contributed by atoms with Gasteiger partial charge >= 0.3 is 0 Å². The van der Waals surface area contributed by atoms with Crippen LogP contribution in [0.4, 0.5) is 8.78 Å². The lowest BCUT2D eigenvalue weighted by Crippen LogP contribution is -2.36. The van der Waals surface area contributed by atoms with E-state index < -0.39 is 30.8 Å². The Morgan fingerprint density at radius 1 is 1.79 bits per heavy atom. The van der Waals surface area contributed by atoms with Gasteiger partial charge in [-0.25, -0.2) is 8.78 Å². The average Bonchev–Trinajstić information content (AvgIpc) is 2.41. The summed E-state index contributed by atoms with van der Waals surface area (Å²) in [4.78, 5) is 12.2. The molecule has 1 amide bonds. The number of carbonyl (C=O) groups excluding carboxylic acids is 1. The van der Waals surface area contributed by atoms with Crippen LogP contribution in [0.15, 0.2) is 0 Å². The van der Waals surface area contributed by atoms with E-state index in [1.54, 1.807) is 6.07 Å². The minimum atomic E-state index is -2.93. The van der Waals surface area contributed by atoms with Gasteiger partial charge in [0.1, 0.15) is 6.04 Å². The SMILES string of the molecule is N#CC1CC(F)(F)CN1C(=O)CSS. The number of carbonyl (C=O) groups is 1. The van der Waals surface area contributed by atoms with E-state index in [9.17, 15) is 13.6 Å². The van der Waals surface area contributed by atoms with Crippen molar-refractivity contribution in [3.05, 3.63) is 0 Å². The van der Waals surface area contributed by atoms with Crippen LogP contribution in [0, 0.1) is 11.3 Å². The van der Waals surface area contributed by atoms with Gasteiger partial charge in [-0.05, 0) is 0 Å². The molecule has 1 aliphatic heterocycles. The molecule has 1 atom stereocenters. The zero-order valence-electron chi connectivity index (χ0n) is 7.11. The molecule has 7 heteroatoms. The number of alkyl halides is 2. The van der Waals surface area contributed by atoms with Gasteiger partial charge in [0.05, 0.1) is 18.4 Å². The van der Waals surface area contributed by atoms with Crippen LogP contribution in [-0.2, 0) is 4.79 Å². The van der Waals surface area contributed by atoms with E-state index in [4.69, 9.17) is 5.26 Å². The Morgan fingerprint density at radius 2 is 2.43 bits per heavy atom. The maximum Gasteiger partial charge on any atom is 0.268 e. The molecule has 0 saturated carbocycles. The summed E-state index contributed by atoms with van der Waals surface area (Å²) >= 11 is 3.75. The molecule has 1 saturated heterocycles. The lowest BCUT2D eigenvalue weighted by atomic mass is 10.2. The van der Waals surface area contributed by atoms with Crippen LogP contribution in [0.25, 0.3) is 0 Å². The number of likely N-dealkylation sites (tertiary alicyclic amines) is 1. The molecule has 0 bridgehead atoms. The van der Waals surface area contributed by atoms with Crippen LogP contribution in [0.2, 0.25) is 0 Å². The predicted molar refractivity (Wildman–Crippen MR) is 52.1 cm³/mol. The third-order valence-electron chi connectivity index (χ3n) is 1.93. The Hall–Kier alpha value is -0.480. The summed E-state index contributed by atoms with van der Waals surface area (Å²) in [5.74, 6) is -3.39. The molecule has 1 fully saturated rings. The molecule has 0 aromatic carbocycles. The standard InChI is InChI=1S/C7H8F2N2OS2/c8-7(9)1-5(2-10)11(4-7)6(12)3-14-13/h5,13H,1,3-4H2. The normalized spacial score (nSPS) is 24.7. The molecular weight excluding hydrogens is 230 g/mol. The molecule has 0 N–H and O–H groups in total. The number of nitrogens with zero attached hydrogens (tertiary/aromatic N) is 2. The van der Waals surface area contributed by atoms with E-state index in [1.165, 1.54) is 0 Å². The molecule has 14 heavy (non-hydrogen) atoms. The first-order chi connectivity index (χ1) is 6.50. The van der Waals surface area contributed by atoms with Crippen molar-refractivity contribution in [2.24, 2.45) is 0 Å². The highest BCUT2D eigenvalue weighted by Crippen LogP contribution is 2.32. The number of hydrogen-bond donors (Lipinski definition) is 1. The lowest BCUT2D eigenvalue weighted by Gasteiger charge is -2.17. The smallest absolute Gasteiger partial charge is 0.268 e. The fourth-order valence-electron chi connectivity index (χ4n) is 1.33. The molecule has 0 radical (unpaired) electrons. The molecular formula is C7H8F2N2OS2. The zero-order valence-corrected chi connectivity index (χ0v) is 8.82. The van der Waals surface area contributed by atoms with Crippen LogP contribution < -0.4 is 0 Å². The second-order valence-corrected chi connectivity index (χ2v) is 4.32. The molecule has 78 valence electrons. The molecule has 0 spiro atoms. The van der Waals surface area contributed by atoms with Crippen LogP contribution in [0.1, 0.15) is 6.42 Å². The summed E-state index contributed by atoms with van der Waals surface area (Å²) in [5.41, 5.74) is 0. The van der Waals surface area contributed by atoms with Crippen molar-refractivity contribution in [2.45, 2.75) is 18.4 Å². The summed E-state index contributed by atoms with van der Waals surface area (Å²) in [5, 5.41) is 8.58. The van der Waals surface area contributed by atoms with Crippen molar-refractivity contribution in [1.82, 2.24) is 4.90 Å². The fraction of sp³-hybridized carbons (Fsp3) is 0.714. The Morgan fingerprint density at radius 3 is 2.93 bits per heavy atom. The predicted octanol–water partition coefficient (Wildman–Crippen LogP) is 1.32. The van der Waals surface area contributed by atoms with Gasteiger partial charge in [-0.3, -0.25) is 4.79 Å². The van der Waals surface area contributed by atoms with E-state index in [0.29, 0.717) is 0 Å². The monoisotopic (exact) mass is 238 g/mol. The van der Waals surface area contributed by atoms with Gasteiger partial charge in [0, 0.05) is 6.42 Å². The van der Waals surface area contributed by atoms with Gasteiger partial charge in [0.15, 0.2) is 0 Å². The number of rotatable bonds is 2. The van der Waals surface area contributed by atoms with Gasteiger partial charge < -0.3 is 4.90 Å². The van der Waals surface area contributed by atoms with Crippen LogP contribution >= 0.6 is 22.5 Å². The second-order valence-electron chi connectivity index (χ2n) is 3.00. The van der Waals surface area contributed by atoms with Crippen LogP contribution in [0.5, 0.6) is 0 Å². The van der Waals surface area contributed by atoms with Gasteiger partial charge in [0.2, 0.25) is 5.91 Å². The third-order valence-corrected chi connectivity index (χ3v) is 2.69. The number of amides is 1. The van der Waals surface area contributed by atoms with E-state index in [-0.39, 0.29) is 5.75 Å². The van der Waals surface area contributed by atoms with Crippen LogP contribution in [-0.4, -0.2) is 35.1 Å². The summed E-state index contributed by atoms with van der Waals surface area (Å²) in [6, 6.07) is 0.698. The molecule has 1 unspecified atom stereocenters. The third kappa shape index (κ3) is 2.51. The quantitative estimate of drug-likeness (QED) is 0.583. The average molecular weight is 238 g/mol. The highest BCUT2D eigenvalue weighted by molar-refractivity contribution is 8.68. The van der Waals surface area contributed by atoms with Gasteiger partial charge in [-0.15, -0.1) is 11.7 Å². The van der Waals surface area contributed by atoms with E-state index in [1.807, 2.05) is 0 Å². The van der Waals surface area contributed by atoms with E-state index in [0.717, 1.165) is 15.7 Å². The highest BCUT2D eigenvalue weighted by Gasteiger charge is 2.46. The topological polar surface area (TPSA) is 44.1 Å². The van der Waals surface area contributed by atoms with Gasteiger partial charge in [-0.2, -0.15) is 5.26 Å². The second kappa shape index (κ2) is 4.36. The van der Waals surface area contributed by atoms with Crippen molar-refractivity contribution in [1.29, 1.82) is 5.26 Å². The molecule has 0 aromatic rings. The summed E-state index contributed by atoms with van der Waals surface area (Å²) in [6.45, 7) is -0.654. The highest BCUT2D eigenvalue weighted by atomic mass is 33.1. The Labute approximate surface area is 89.2 Å². The van der Waals surface area contributed by atoms with E-state index >= 15 is 0 Å². The summed E-state index contributed by atoms with van der Waals surface area (Å²) in [7, 11) is 0.958. The minimum Gasteiger partial charge on any atom is -0.320 e. The number of nitriles is 1. The van der Waals surface area contributed by atoms with Crippen molar-refractivity contribution < 1.29 is 13.6 Å². The maximum atomic E-state index is 12.9. The molecule has 0 aromatic heterocycles. The number of hydrogen-bond acceptors (Lipinski definition) is 4. The summed E-state index contributed by atoms with van der Waals surface area (Å²) < 4.78 is 25.7. The van der Waals surface area contributed by atoms with Crippen molar-refractivity contribution in [3.63, 3.8) is 0 Å². The fourth-order valence-corrected chi connectivity index (χ4v) is 1.94. The van der Waals surface area contributed by atoms with Gasteiger partial charge in [-0.1, -0.05) is 10.8 Å². The first-order valence-electron chi connectivity index (χ1n) is 3.83. The molecule has 3 nitrogen and oxygen atoms in total. The Kier molecular flexibility index (Phi) is 3.61. The number of halogens is 2. The van der Waals surface area contributed by atoms with Crippen molar-refractivity contribution >= 4 is 28.4 Å². The zero-order chi connectivity index (χ0) is 10.8. The minimum absolute atomic E-state index is 0.0113. The van der Waals surface area contributed by atoms with Crippen molar-refractivity contribution in [3.8, 4) is 6.07 Å². The molecule has 1 aliphatic rings. The largest absolute Gasteiger partial charge is 0.320 e. The van der Waals surface area contributed by atoms with Gasteiger partial charge in [0.25, 0.3) is 5.92 Å². The molecule has 1 rings (SSSR count).